The zero-order valence-electron chi connectivity index (χ0n) is 17.7. The third-order valence-corrected chi connectivity index (χ3v) is 4.37. The van der Waals surface area contributed by atoms with Crippen molar-refractivity contribution >= 4 is 18.0 Å². The molecule has 0 saturated heterocycles. The topological polar surface area (TPSA) is 72.9 Å². The van der Waals surface area contributed by atoms with Crippen LogP contribution in [0.2, 0.25) is 0 Å². The number of imide groups is 1. The first-order valence-electron chi connectivity index (χ1n) is 9.70. The molecule has 0 aromatic heterocycles. The Morgan fingerprint density at radius 3 is 1.89 bits per heavy atom. The van der Waals surface area contributed by atoms with E-state index >= 15 is 0 Å². The lowest BCUT2D eigenvalue weighted by Gasteiger charge is -2.37. The normalized spacial score (nSPS) is 20.4. The summed E-state index contributed by atoms with van der Waals surface area (Å²) in [6, 6.07) is 8.99. The number of hydrogen-bond donors (Lipinski definition) is 0. The number of ketones is 1. The Balaban J connectivity index is 2.29. The van der Waals surface area contributed by atoms with Crippen LogP contribution < -0.4 is 0 Å². The summed E-state index contributed by atoms with van der Waals surface area (Å²) in [6.45, 7) is 10.5. The van der Waals surface area contributed by atoms with Crippen LogP contribution in [0.3, 0.4) is 0 Å². The van der Waals surface area contributed by atoms with Gasteiger partial charge < -0.3 is 9.47 Å². The fourth-order valence-electron chi connectivity index (χ4n) is 3.24. The predicted molar refractivity (Wildman–Crippen MR) is 106 cm³/mol. The molecule has 1 aliphatic rings. The van der Waals surface area contributed by atoms with E-state index in [4.69, 9.17) is 9.47 Å². The van der Waals surface area contributed by atoms with Crippen LogP contribution in [0, 0.1) is 0 Å². The second-order valence-corrected chi connectivity index (χ2v) is 9.19. The van der Waals surface area contributed by atoms with Crippen LogP contribution in [-0.4, -0.2) is 40.1 Å². The number of amides is 2. The Hall–Kier alpha value is -2.37. The highest BCUT2D eigenvalue weighted by Gasteiger charge is 2.41. The van der Waals surface area contributed by atoms with Crippen molar-refractivity contribution in [3.63, 3.8) is 0 Å². The molecule has 0 bridgehead atoms. The van der Waals surface area contributed by atoms with Crippen molar-refractivity contribution in [2.45, 2.75) is 84.0 Å². The van der Waals surface area contributed by atoms with Gasteiger partial charge in [-0.1, -0.05) is 30.3 Å². The van der Waals surface area contributed by atoms with E-state index in [-0.39, 0.29) is 11.7 Å². The molecule has 1 fully saturated rings. The second kappa shape index (κ2) is 8.33. The highest BCUT2D eigenvalue weighted by Crippen LogP contribution is 2.34. The van der Waals surface area contributed by atoms with Crippen LogP contribution in [0.5, 0.6) is 0 Å². The molecule has 6 heteroatoms. The molecule has 0 unspecified atom stereocenters. The minimum absolute atomic E-state index is 0.121. The maximum atomic E-state index is 12.8. The van der Waals surface area contributed by atoms with Gasteiger partial charge in [0.05, 0.1) is 0 Å². The number of ether oxygens (including phenoxy) is 2. The summed E-state index contributed by atoms with van der Waals surface area (Å²) in [5, 5.41) is 0. The standard InChI is InChI=1S/C22H31NO5/c1-21(2,3)27-19(25)23(20(26)28-22(4,5)6)16-12-13-18(24)17(14-16)15-10-8-7-9-11-15/h7-11,16-17H,12-14H2,1-6H3/t16-,17+/m1/s1. The minimum atomic E-state index is -0.749. The Labute approximate surface area is 167 Å². The van der Waals surface area contributed by atoms with Crippen molar-refractivity contribution in [2.24, 2.45) is 0 Å². The molecule has 6 nitrogen and oxygen atoms in total. The molecular weight excluding hydrogens is 358 g/mol. The quantitative estimate of drug-likeness (QED) is 0.706. The maximum Gasteiger partial charge on any atom is 0.420 e. The van der Waals surface area contributed by atoms with Gasteiger partial charge in [-0.3, -0.25) is 4.79 Å². The predicted octanol–water partition coefficient (Wildman–Crippen LogP) is 5.06. The Bertz CT molecular complexity index is 687. The lowest BCUT2D eigenvalue weighted by molar-refractivity contribution is -0.123. The summed E-state index contributed by atoms with van der Waals surface area (Å²) in [6.07, 6.45) is -0.422. The minimum Gasteiger partial charge on any atom is -0.443 e. The summed E-state index contributed by atoms with van der Waals surface area (Å²) < 4.78 is 10.9. The lowest BCUT2D eigenvalue weighted by atomic mass is 9.80. The molecule has 0 spiro atoms. The van der Waals surface area contributed by atoms with Crippen molar-refractivity contribution < 1.29 is 23.9 Å². The SMILES string of the molecule is CC(C)(C)OC(=O)N(C(=O)OC(C)(C)C)[C@@H]1CCC(=O)[C@H](c2ccccc2)C1. The summed E-state index contributed by atoms with van der Waals surface area (Å²) in [5.74, 6) is -0.233. The average Bonchev–Trinajstić information content (AvgIpc) is 2.54. The lowest BCUT2D eigenvalue weighted by Crippen LogP contribution is -2.51. The van der Waals surface area contributed by atoms with Gasteiger partial charge >= 0.3 is 12.2 Å². The van der Waals surface area contributed by atoms with Gasteiger partial charge in [-0.05, 0) is 59.9 Å². The van der Waals surface area contributed by atoms with Crippen molar-refractivity contribution in [1.82, 2.24) is 4.90 Å². The van der Waals surface area contributed by atoms with Crippen LogP contribution in [-0.2, 0) is 14.3 Å². The van der Waals surface area contributed by atoms with Crippen molar-refractivity contribution in [3.8, 4) is 0 Å². The maximum absolute atomic E-state index is 12.8. The number of Topliss-reactive ketones (excluding diaryl/α,β-unsaturated/α-hetero) is 1. The highest BCUT2D eigenvalue weighted by molar-refractivity contribution is 5.90. The van der Waals surface area contributed by atoms with E-state index in [1.165, 1.54) is 0 Å². The van der Waals surface area contributed by atoms with Gasteiger partial charge in [0.1, 0.15) is 17.0 Å². The largest absolute Gasteiger partial charge is 0.443 e. The molecule has 0 radical (unpaired) electrons. The zero-order chi connectivity index (χ0) is 21.1. The van der Waals surface area contributed by atoms with Gasteiger partial charge in [-0.2, -0.15) is 0 Å². The molecule has 154 valence electrons. The zero-order valence-corrected chi connectivity index (χ0v) is 17.7. The smallest absolute Gasteiger partial charge is 0.420 e. The van der Waals surface area contributed by atoms with Crippen LogP contribution in [0.15, 0.2) is 30.3 Å². The molecule has 2 amide bonds. The molecule has 1 saturated carbocycles. The van der Waals surface area contributed by atoms with Crippen molar-refractivity contribution in [2.75, 3.05) is 0 Å². The van der Waals surface area contributed by atoms with Crippen LogP contribution in [0.1, 0.15) is 72.3 Å². The third kappa shape index (κ3) is 6.08. The molecule has 2 atom stereocenters. The van der Waals surface area contributed by atoms with Crippen LogP contribution in [0.25, 0.3) is 0 Å². The van der Waals surface area contributed by atoms with E-state index in [1.807, 2.05) is 30.3 Å². The highest BCUT2D eigenvalue weighted by atomic mass is 16.6. The molecule has 2 rings (SSSR count). The second-order valence-electron chi connectivity index (χ2n) is 9.19. The fraction of sp³-hybridized carbons (Fsp3) is 0.591. The molecule has 0 N–H and O–H groups in total. The van der Waals surface area contributed by atoms with E-state index in [0.29, 0.717) is 19.3 Å². The van der Waals surface area contributed by atoms with Gasteiger partial charge in [-0.25, -0.2) is 14.5 Å². The van der Waals surface area contributed by atoms with Gasteiger partial charge in [-0.15, -0.1) is 0 Å². The van der Waals surface area contributed by atoms with Crippen LogP contribution in [0.4, 0.5) is 9.59 Å². The van der Waals surface area contributed by atoms with Crippen LogP contribution >= 0.6 is 0 Å². The summed E-state index contributed by atoms with van der Waals surface area (Å²) >= 11 is 0. The Morgan fingerprint density at radius 1 is 0.929 bits per heavy atom. The first-order chi connectivity index (χ1) is 12.9. The third-order valence-electron chi connectivity index (χ3n) is 4.37. The first kappa shape index (κ1) is 21.9. The molecule has 0 aliphatic heterocycles. The van der Waals surface area contributed by atoms with Gasteiger partial charge in [0.25, 0.3) is 0 Å². The summed E-state index contributed by atoms with van der Waals surface area (Å²) in [5.41, 5.74) is -0.605. The summed E-state index contributed by atoms with van der Waals surface area (Å²) in [7, 11) is 0. The Morgan fingerprint density at radius 2 is 1.43 bits per heavy atom. The van der Waals surface area contributed by atoms with E-state index in [2.05, 4.69) is 0 Å². The number of benzene rings is 1. The number of nitrogens with zero attached hydrogens (tertiary/aromatic N) is 1. The fourth-order valence-corrected chi connectivity index (χ4v) is 3.24. The number of hydrogen-bond acceptors (Lipinski definition) is 5. The van der Waals surface area contributed by atoms with Crippen molar-refractivity contribution in [1.29, 1.82) is 0 Å². The van der Waals surface area contributed by atoms with Gasteiger partial charge in [0.2, 0.25) is 0 Å². The molecule has 28 heavy (non-hydrogen) atoms. The number of carbonyl (C=O) groups is 3. The number of carbonyl (C=O) groups excluding carboxylic acids is 3. The van der Waals surface area contributed by atoms with E-state index < -0.39 is 29.4 Å². The Kier molecular flexibility index (Phi) is 6.52. The average molecular weight is 389 g/mol. The van der Waals surface area contributed by atoms with E-state index in [1.54, 1.807) is 41.5 Å². The van der Waals surface area contributed by atoms with Crippen molar-refractivity contribution in [3.05, 3.63) is 35.9 Å². The number of rotatable bonds is 2. The monoisotopic (exact) mass is 389 g/mol. The van der Waals surface area contributed by atoms with Gasteiger partial charge in [0.15, 0.2) is 0 Å². The molecule has 0 heterocycles. The molecule has 1 aromatic carbocycles. The summed E-state index contributed by atoms with van der Waals surface area (Å²) in [4.78, 5) is 39.2. The molecular formula is C22H31NO5. The molecule has 1 aliphatic carbocycles. The van der Waals surface area contributed by atoms with E-state index in [0.717, 1.165) is 10.5 Å². The molecule has 1 aromatic rings. The van der Waals surface area contributed by atoms with E-state index in [9.17, 15) is 14.4 Å². The van der Waals surface area contributed by atoms with Gasteiger partial charge in [0, 0.05) is 18.4 Å². The first-order valence-corrected chi connectivity index (χ1v) is 9.70.